The SMILES string of the molecule is Nc1c(F)c(S(=O)(=O)N2CC(CO)C2)cc(Cl)c1Br. The van der Waals surface area contributed by atoms with Gasteiger partial charge >= 0.3 is 0 Å². The second-order valence-corrected chi connectivity index (χ2v) is 7.38. The van der Waals surface area contributed by atoms with Gasteiger partial charge in [0.1, 0.15) is 4.90 Å². The zero-order valence-corrected chi connectivity index (χ0v) is 12.8. The average molecular weight is 374 g/mol. The first-order valence-corrected chi connectivity index (χ1v) is 7.94. The zero-order chi connectivity index (χ0) is 14.4. The predicted octanol–water partition coefficient (Wildman–Crippen LogP) is 1.44. The molecule has 1 fully saturated rings. The number of anilines is 1. The maximum atomic E-state index is 14.0. The van der Waals surface area contributed by atoms with Crippen molar-refractivity contribution in [3.05, 3.63) is 21.4 Å². The van der Waals surface area contributed by atoms with Gasteiger partial charge in [0.05, 0.1) is 15.2 Å². The molecule has 1 aliphatic heterocycles. The van der Waals surface area contributed by atoms with Crippen molar-refractivity contribution in [3.63, 3.8) is 0 Å². The van der Waals surface area contributed by atoms with Crippen LogP contribution in [0, 0.1) is 11.7 Å². The fourth-order valence-corrected chi connectivity index (χ4v) is 4.02. The molecule has 0 aromatic heterocycles. The molecule has 2 rings (SSSR count). The van der Waals surface area contributed by atoms with E-state index in [2.05, 4.69) is 15.9 Å². The quantitative estimate of drug-likeness (QED) is 0.620. The Morgan fingerprint density at radius 3 is 2.68 bits per heavy atom. The van der Waals surface area contributed by atoms with E-state index in [-0.39, 0.29) is 40.8 Å². The monoisotopic (exact) mass is 372 g/mol. The molecule has 0 spiro atoms. The highest BCUT2D eigenvalue weighted by Gasteiger charge is 2.38. The minimum atomic E-state index is -3.98. The van der Waals surface area contributed by atoms with Crippen molar-refractivity contribution in [2.24, 2.45) is 5.92 Å². The van der Waals surface area contributed by atoms with Crippen LogP contribution in [0.4, 0.5) is 10.1 Å². The van der Waals surface area contributed by atoms with Gasteiger partial charge in [-0.2, -0.15) is 4.31 Å². The van der Waals surface area contributed by atoms with E-state index in [1.807, 2.05) is 0 Å². The molecule has 1 aromatic rings. The fraction of sp³-hybridized carbons (Fsp3) is 0.400. The Bertz CT molecular complexity index is 620. The largest absolute Gasteiger partial charge is 0.396 e. The van der Waals surface area contributed by atoms with Gasteiger partial charge in [0.25, 0.3) is 0 Å². The number of sulfonamides is 1. The van der Waals surface area contributed by atoms with Crippen LogP contribution in [0.5, 0.6) is 0 Å². The Morgan fingerprint density at radius 1 is 1.58 bits per heavy atom. The van der Waals surface area contributed by atoms with E-state index >= 15 is 0 Å². The number of rotatable bonds is 3. The molecule has 1 saturated heterocycles. The Hall–Kier alpha value is -0.410. The average Bonchev–Trinajstić information content (AvgIpc) is 2.29. The maximum absolute atomic E-state index is 14.0. The standard InChI is InChI=1S/C10H11BrClFN2O3S/c11-8-6(12)1-7(9(13)10(8)14)19(17,18)15-2-5(3-15)4-16/h1,5,16H,2-4,14H2. The molecule has 106 valence electrons. The molecular weight excluding hydrogens is 363 g/mol. The summed E-state index contributed by atoms with van der Waals surface area (Å²) in [6.07, 6.45) is 0. The summed E-state index contributed by atoms with van der Waals surface area (Å²) < 4.78 is 39.6. The van der Waals surface area contributed by atoms with Crippen molar-refractivity contribution < 1.29 is 17.9 Å². The number of benzene rings is 1. The van der Waals surface area contributed by atoms with Crippen LogP contribution in [-0.2, 0) is 10.0 Å². The fourth-order valence-electron chi connectivity index (χ4n) is 1.76. The highest BCUT2D eigenvalue weighted by Crippen LogP contribution is 2.36. The molecule has 5 nitrogen and oxygen atoms in total. The van der Waals surface area contributed by atoms with Gasteiger partial charge in [-0.3, -0.25) is 0 Å². The topological polar surface area (TPSA) is 83.6 Å². The molecule has 0 radical (unpaired) electrons. The summed E-state index contributed by atoms with van der Waals surface area (Å²) in [5.41, 5.74) is 5.12. The van der Waals surface area contributed by atoms with Crippen molar-refractivity contribution in [3.8, 4) is 0 Å². The number of hydrogen-bond donors (Lipinski definition) is 2. The lowest BCUT2D eigenvalue weighted by Gasteiger charge is -2.37. The van der Waals surface area contributed by atoms with Crippen LogP contribution in [0.25, 0.3) is 0 Å². The number of hydrogen-bond acceptors (Lipinski definition) is 4. The molecule has 0 bridgehead atoms. The summed E-state index contributed by atoms with van der Waals surface area (Å²) in [5.74, 6) is -1.13. The lowest BCUT2D eigenvalue weighted by molar-refractivity contribution is 0.117. The minimum Gasteiger partial charge on any atom is -0.396 e. The summed E-state index contributed by atoms with van der Waals surface area (Å²) in [5, 5.41) is 8.90. The third-order valence-electron chi connectivity index (χ3n) is 2.96. The predicted molar refractivity (Wildman–Crippen MR) is 72.9 cm³/mol. The number of nitrogens with zero attached hydrogens (tertiary/aromatic N) is 1. The van der Waals surface area contributed by atoms with Crippen LogP contribution < -0.4 is 5.73 Å². The third-order valence-corrected chi connectivity index (χ3v) is 6.17. The molecule has 9 heteroatoms. The Labute approximate surface area is 123 Å². The summed E-state index contributed by atoms with van der Waals surface area (Å²) in [6.45, 7) is 0.218. The van der Waals surface area contributed by atoms with Gasteiger partial charge in [0, 0.05) is 25.6 Å². The van der Waals surface area contributed by atoms with Gasteiger partial charge in [0.2, 0.25) is 10.0 Å². The smallest absolute Gasteiger partial charge is 0.246 e. The molecule has 1 heterocycles. The van der Waals surface area contributed by atoms with Crippen molar-refractivity contribution in [1.82, 2.24) is 4.31 Å². The van der Waals surface area contributed by atoms with Crippen LogP contribution in [0.1, 0.15) is 0 Å². The van der Waals surface area contributed by atoms with E-state index in [0.717, 1.165) is 10.4 Å². The molecule has 3 N–H and O–H groups in total. The summed E-state index contributed by atoms with van der Waals surface area (Å²) in [7, 11) is -3.98. The lowest BCUT2D eigenvalue weighted by Crippen LogP contribution is -2.51. The van der Waals surface area contributed by atoms with Crippen LogP contribution in [-0.4, -0.2) is 37.5 Å². The van der Waals surface area contributed by atoms with Gasteiger partial charge < -0.3 is 10.8 Å². The van der Waals surface area contributed by atoms with Crippen molar-refractivity contribution in [2.75, 3.05) is 25.4 Å². The van der Waals surface area contributed by atoms with Gasteiger partial charge in [-0.05, 0) is 22.0 Å². The van der Waals surface area contributed by atoms with Crippen molar-refractivity contribution >= 4 is 43.2 Å². The van der Waals surface area contributed by atoms with E-state index in [0.29, 0.717) is 0 Å². The minimum absolute atomic E-state index is 0.0247. The van der Waals surface area contributed by atoms with Gasteiger partial charge in [-0.15, -0.1) is 0 Å². The molecule has 1 aliphatic rings. The number of halogens is 3. The Kier molecular flexibility index (Phi) is 4.08. The van der Waals surface area contributed by atoms with Crippen LogP contribution >= 0.6 is 27.5 Å². The normalized spacial score (nSPS) is 17.5. The molecule has 0 unspecified atom stereocenters. The maximum Gasteiger partial charge on any atom is 0.246 e. The van der Waals surface area contributed by atoms with E-state index in [1.54, 1.807) is 0 Å². The zero-order valence-electron chi connectivity index (χ0n) is 9.61. The Morgan fingerprint density at radius 2 is 2.16 bits per heavy atom. The molecule has 0 amide bonds. The number of aliphatic hydroxyl groups excluding tert-OH is 1. The van der Waals surface area contributed by atoms with E-state index < -0.39 is 20.7 Å². The van der Waals surface area contributed by atoms with Crippen molar-refractivity contribution in [1.29, 1.82) is 0 Å². The highest BCUT2D eigenvalue weighted by molar-refractivity contribution is 9.10. The summed E-state index contributed by atoms with van der Waals surface area (Å²) >= 11 is 8.78. The molecule has 1 aromatic carbocycles. The molecule has 0 aliphatic carbocycles. The molecule has 0 atom stereocenters. The van der Waals surface area contributed by atoms with Gasteiger partial charge in [-0.1, -0.05) is 11.6 Å². The van der Waals surface area contributed by atoms with Gasteiger partial charge in [0.15, 0.2) is 5.82 Å². The number of aliphatic hydroxyl groups is 1. The second kappa shape index (κ2) is 5.17. The first-order chi connectivity index (χ1) is 8.78. The van der Waals surface area contributed by atoms with Crippen LogP contribution in [0.3, 0.4) is 0 Å². The molecular formula is C10H11BrClFN2O3S. The molecule has 19 heavy (non-hydrogen) atoms. The second-order valence-electron chi connectivity index (χ2n) is 4.27. The summed E-state index contributed by atoms with van der Waals surface area (Å²) in [4.78, 5) is -0.547. The number of nitrogen functional groups attached to an aromatic ring is 1. The first-order valence-electron chi connectivity index (χ1n) is 5.33. The van der Waals surface area contributed by atoms with Gasteiger partial charge in [-0.25, -0.2) is 12.8 Å². The lowest BCUT2D eigenvalue weighted by atomic mass is 10.1. The number of nitrogens with two attached hydrogens (primary N) is 1. The highest BCUT2D eigenvalue weighted by atomic mass is 79.9. The van der Waals surface area contributed by atoms with E-state index in [9.17, 15) is 12.8 Å². The van der Waals surface area contributed by atoms with E-state index in [1.165, 1.54) is 0 Å². The van der Waals surface area contributed by atoms with Crippen LogP contribution in [0.15, 0.2) is 15.4 Å². The third kappa shape index (κ3) is 2.47. The Balaban J connectivity index is 2.42. The first kappa shape index (κ1) is 15.0. The molecule has 0 saturated carbocycles. The van der Waals surface area contributed by atoms with Crippen molar-refractivity contribution in [2.45, 2.75) is 4.90 Å². The van der Waals surface area contributed by atoms with E-state index in [4.69, 9.17) is 22.4 Å². The van der Waals surface area contributed by atoms with Crippen LogP contribution in [0.2, 0.25) is 5.02 Å². The summed E-state index contributed by atoms with van der Waals surface area (Å²) in [6, 6.07) is 1.03.